The standard InChI is InChI=1S/C16H15ClFN3O4/c1-8-14-20-12(13(22)16(24)21(14)4-5-25-8)15(23)19-7-9-2-3-11(18)10(17)6-9/h2-3,6,8,22H,4-5,7H2,1H3,(H,19,23). The Hall–Kier alpha value is -2.45. The van der Waals surface area contributed by atoms with E-state index in [2.05, 4.69) is 10.3 Å². The zero-order chi connectivity index (χ0) is 18.1. The number of ether oxygens (including phenoxy) is 1. The second kappa shape index (κ2) is 6.81. The molecule has 0 aliphatic carbocycles. The van der Waals surface area contributed by atoms with Gasteiger partial charge < -0.3 is 15.2 Å². The summed E-state index contributed by atoms with van der Waals surface area (Å²) in [5.41, 5.74) is -0.498. The van der Waals surface area contributed by atoms with Gasteiger partial charge in [-0.3, -0.25) is 14.2 Å². The fourth-order valence-corrected chi connectivity index (χ4v) is 2.76. The van der Waals surface area contributed by atoms with Crippen molar-refractivity contribution in [1.82, 2.24) is 14.9 Å². The number of hydrogen-bond acceptors (Lipinski definition) is 5. The summed E-state index contributed by atoms with van der Waals surface area (Å²) in [4.78, 5) is 28.6. The van der Waals surface area contributed by atoms with Crippen molar-refractivity contribution in [3.05, 3.63) is 56.5 Å². The number of amides is 1. The summed E-state index contributed by atoms with van der Waals surface area (Å²) in [6.07, 6.45) is -0.468. The van der Waals surface area contributed by atoms with Gasteiger partial charge in [-0.05, 0) is 24.6 Å². The van der Waals surface area contributed by atoms with Crippen LogP contribution in [-0.4, -0.2) is 27.2 Å². The molecule has 0 saturated heterocycles. The summed E-state index contributed by atoms with van der Waals surface area (Å²) in [5.74, 6) is -1.72. The average Bonchev–Trinajstić information content (AvgIpc) is 2.59. The first-order valence-corrected chi connectivity index (χ1v) is 7.93. The van der Waals surface area contributed by atoms with E-state index in [1.165, 1.54) is 22.8 Å². The number of aromatic hydroxyl groups is 1. The van der Waals surface area contributed by atoms with Crippen molar-refractivity contribution in [3.63, 3.8) is 0 Å². The van der Waals surface area contributed by atoms with Crippen LogP contribution in [0.15, 0.2) is 23.0 Å². The van der Waals surface area contributed by atoms with Crippen molar-refractivity contribution in [2.75, 3.05) is 6.61 Å². The molecule has 1 amide bonds. The van der Waals surface area contributed by atoms with Gasteiger partial charge in [0.25, 0.3) is 11.5 Å². The van der Waals surface area contributed by atoms with Crippen LogP contribution in [0.5, 0.6) is 5.75 Å². The van der Waals surface area contributed by atoms with E-state index >= 15 is 0 Å². The minimum Gasteiger partial charge on any atom is -0.501 e. The fourth-order valence-electron chi connectivity index (χ4n) is 2.56. The fraction of sp³-hybridized carbons (Fsp3) is 0.312. The lowest BCUT2D eigenvalue weighted by Crippen LogP contribution is -2.35. The Morgan fingerprint density at radius 2 is 2.32 bits per heavy atom. The van der Waals surface area contributed by atoms with Gasteiger partial charge in [0, 0.05) is 6.54 Å². The third-order valence-corrected chi connectivity index (χ3v) is 4.16. The number of aromatic nitrogens is 2. The first kappa shape index (κ1) is 17.4. The molecule has 0 spiro atoms. The summed E-state index contributed by atoms with van der Waals surface area (Å²) in [6, 6.07) is 4.03. The second-order valence-corrected chi connectivity index (χ2v) is 5.98. The summed E-state index contributed by atoms with van der Waals surface area (Å²) in [7, 11) is 0. The predicted octanol–water partition coefficient (Wildman–Crippen LogP) is 1.76. The molecule has 0 saturated carbocycles. The van der Waals surface area contributed by atoms with Crippen LogP contribution >= 0.6 is 11.6 Å². The number of halogens is 2. The maximum atomic E-state index is 13.1. The van der Waals surface area contributed by atoms with Crippen LogP contribution in [0.1, 0.15) is 34.9 Å². The van der Waals surface area contributed by atoms with Crippen LogP contribution in [0.3, 0.4) is 0 Å². The molecule has 2 N–H and O–H groups in total. The predicted molar refractivity (Wildman–Crippen MR) is 87.1 cm³/mol. The lowest BCUT2D eigenvalue weighted by Gasteiger charge is -2.24. The van der Waals surface area contributed by atoms with E-state index in [-0.39, 0.29) is 29.6 Å². The van der Waals surface area contributed by atoms with Crippen molar-refractivity contribution < 1.29 is 19.0 Å². The molecule has 25 heavy (non-hydrogen) atoms. The summed E-state index contributed by atoms with van der Waals surface area (Å²) >= 11 is 5.69. The van der Waals surface area contributed by atoms with Crippen molar-refractivity contribution in [2.45, 2.75) is 26.1 Å². The first-order chi connectivity index (χ1) is 11.9. The highest BCUT2D eigenvalue weighted by Crippen LogP contribution is 2.21. The van der Waals surface area contributed by atoms with Gasteiger partial charge in [-0.1, -0.05) is 17.7 Å². The molecule has 0 fully saturated rings. The molecule has 1 aromatic carbocycles. The third kappa shape index (κ3) is 3.35. The molecular weight excluding hydrogens is 353 g/mol. The maximum absolute atomic E-state index is 13.1. The molecule has 1 unspecified atom stereocenters. The Kier molecular flexibility index (Phi) is 4.73. The highest BCUT2D eigenvalue weighted by atomic mass is 35.5. The highest BCUT2D eigenvalue weighted by Gasteiger charge is 2.26. The van der Waals surface area contributed by atoms with Crippen LogP contribution in [0, 0.1) is 5.82 Å². The van der Waals surface area contributed by atoms with E-state index in [0.29, 0.717) is 12.2 Å². The van der Waals surface area contributed by atoms with Crippen LogP contribution in [0.25, 0.3) is 0 Å². The third-order valence-electron chi connectivity index (χ3n) is 3.87. The number of carbonyl (C=O) groups is 1. The lowest BCUT2D eigenvalue weighted by molar-refractivity contribution is 0.0256. The highest BCUT2D eigenvalue weighted by molar-refractivity contribution is 6.30. The van der Waals surface area contributed by atoms with Crippen molar-refractivity contribution in [2.24, 2.45) is 0 Å². The molecule has 3 rings (SSSR count). The Bertz CT molecular complexity index is 900. The molecule has 2 aromatic rings. The second-order valence-electron chi connectivity index (χ2n) is 5.57. The Balaban J connectivity index is 1.84. The molecule has 2 heterocycles. The number of benzene rings is 1. The quantitative estimate of drug-likeness (QED) is 0.862. The molecule has 7 nitrogen and oxygen atoms in total. The Labute approximate surface area is 147 Å². The average molecular weight is 368 g/mol. The Morgan fingerprint density at radius 1 is 1.56 bits per heavy atom. The molecule has 9 heteroatoms. The lowest BCUT2D eigenvalue weighted by atomic mass is 10.2. The van der Waals surface area contributed by atoms with Crippen molar-refractivity contribution in [1.29, 1.82) is 0 Å². The van der Waals surface area contributed by atoms with E-state index in [1.807, 2.05) is 0 Å². The zero-order valence-electron chi connectivity index (χ0n) is 13.3. The van der Waals surface area contributed by atoms with Gasteiger partial charge >= 0.3 is 0 Å². The summed E-state index contributed by atoms with van der Waals surface area (Å²) in [5, 5.41) is 12.5. The van der Waals surface area contributed by atoms with Gasteiger partial charge in [-0.25, -0.2) is 9.37 Å². The van der Waals surface area contributed by atoms with Gasteiger partial charge in [0.15, 0.2) is 5.69 Å². The number of nitrogens with zero attached hydrogens (tertiary/aromatic N) is 2. The largest absolute Gasteiger partial charge is 0.501 e. The van der Waals surface area contributed by atoms with E-state index < -0.39 is 29.1 Å². The summed E-state index contributed by atoms with van der Waals surface area (Å²) in [6.45, 7) is 2.32. The van der Waals surface area contributed by atoms with Gasteiger partial charge in [-0.15, -0.1) is 0 Å². The van der Waals surface area contributed by atoms with E-state index in [1.54, 1.807) is 6.92 Å². The van der Waals surface area contributed by atoms with Gasteiger partial charge in [0.1, 0.15) is 17.7 Å². The van der Waals surface area contributed by atoms with Crippen LogP contribution in [-0.2, 0) is 17.8 Å². The van der Waals surface area contributed by atoms with Crippen molar-refractivity contribution >= 4 is 17.5 Å². The monoisotopic (exact) mass is 367 g/mol. The minimum absolute atomic E-state index is 0.0322. The van der Waals surface area contributed by atoms with Crippen LogP contribution in [0.4, 0.5) is 4.39 Å². The number of fused-ring (bicyclic) bond motifs is 1. The first-order valence-electron chi connectivity index (χ1n) is 7.56. The SMILES string of the molecule is CC1OCCn2c1nc(C(=O)NCc1ccc(F)c(Cl)c1)c(O)c2=O. The maximum Gasteiger partial charge on any atom is 0.296 e. The van der Waals surface area contributed by atoms with E-state index in [9.17, 15) is 19.1 Å². The molecular formula is C16H15ClFN3O4. The molecule has 1 aliphatic heterocycles. The van der Waals surface area contributed by atoms with Crippen LogP contribution < -0.4 is 10.9 Å². The van der Waals surface area contributed by atoms with Gasteiger partial charge in [0.05, 0.1) is 18.2 Å². The van der Waals surface area contributed by atoms with E-state index in [4.69, 9.17) is 16.3 Å². The minimum atomic E-state index is -0.726. The Morgan fingerprint density at radius 3 is 3.04 bits per heavy atom. The van der Waals surface area contributed by atoms with Gasteiger partial charge in [0.2, 0.25) is 5.75 Å². The van der Waals surface area contributed by atoms with Gasteiger partial charge in [-0.2, -0.15) is 0 Å². The molecule has 132 valence electrons. The number of carbonyl (C=O) groups excluding carboxylic acids is 1. The smallest absolute Gasteiger partial charge is 0.296 e. The molecule has 1 aromatic heterocycles. The molecule has 0 radical (unpaired) electrons. The normalized spacial score (nSPS) is 16.4. The van der Waals surface area contributed by atoms with Crippen molar-refractivity contribution in [3.8, 4) is 5.75 Å². The molecule has 1 atom stereocenters. The number of hydrogen-bond donors (Lipinski definition) is 2. The molecule has 0 bridgehead atoms. The van der Waals surface area contributed by atoms with E-state index in [0.717, 1.165) is 0 Å². The number of rotatable bonds is 3. The van der Waals surface area contributed by atoms with Crippen LogP contribution in [0.2, 0.25) is 5.02 Å². The molecule has 1 aliphatic rings. The number of nitrogens with one attached hydrogen (secondary N) is 1. The topological polar surface area (TPSA) is 93.5 Å². The zero-order valence-corrected chi connectivity index (χ0v) is 14.0. The summed E-state index contributed by atoms with van der Waals surface area (Å²) < 4.78 is 19.8.